The molecular weight excluding hydrogens is 269 g/mol. The van der Waals surface area contributed by atoms with E-state index in [9.17, 15) is 4.79 Å². The van der Waals surface area contributed by atoms with E-state index in [0.29, 0.717) is 28.1 Å². The van der Waals surface area contributed by atoms with Crippen molar-refractivity contribution in [2.45, 2.75) is 38.1 Å². The second kappa shape index (κ2) is 6.55. The Bertz CT molecular complexity index is 428. The monoisotopic (exact) mass is 285 g/mol. The Morgan fingerprint density at radius 3 is 2.89 bits per heavy atom. The summed E-state index contributed by atoms with van der Waals surface area (Å²) in [6.45, 7) is 1.07. The highest BCUT2D eigenvalue weighted by Crippen LogP contribution is 2.23. The minimum absolute atomic E-state index is 0.0786. The van der Waals surface area contributed by atoms with Crippen molar-refractivity contribution >= 4 is 29.0 Å². The van der Waals surface area contributed by atoms with E-state index in [2.05, 4.69) is 5.32 Å². The molecule has 1 atom stereocenters. The van der Waals surface area contributed by atoms with Crippen LogP contribution in [0.25, 0.3) is 0 Å². The predicted octanol–water partition coefficient (Wildman–Crippen LogP) is 4.10. The van der Waals surface area contributed by atoms with Crippen molar-refractivity contribution < 1.29 is 4.79 Å². The summed E-state index contributed by atoms with van der Waals surface area (Å²) in [7, 11) is 0. The number of halogens is 2. The molecule has 1 heterocycles. The van der Waals surface area contributed by atoms with Gasteiger partial charge in [0, 0.05) is 23.0 Å². The van der Waals surface area contributed by atoms with E-state index < -0.39 is 0 Å². The zero-order valence-corrected chi connectivity index (χ0v) is 11.7. The van der Waals surface area contributed by atoms with Gasteiger partial charge in [-0.05, 0) is 44.0 Å². The Hall–Kier alpha value is -0.570. The molecule has 1 fully saturated rings. The lowest BCUT2D eigenvalue weighted by molar-refractivity contribution is 0.0974. The molecule has 1 aliphatic heterocycles. The summed E-state index contributed by atoms with van der Waals surface area (Å²) >= 11 is 11.9. The minimum atomic E-state index is 0.0786. The minimum Gasteiger partial charge on any atom is -0.314 e. The van der Waals surface area contributed by atoms with Crippen LogP contribution >= 0.6 is 23.2 Å². The van der Waals surface area contributed by atoms with Crippen LogP contribution in [-0.4, -0.2) is 18.4 Å². The maximum atomic E-state index is 12.1. The second-order valence-electron chi connectivity index (χ2n) is 4.73. The van der Waals surface area contributed by atoms with E-state index in [1.807, 2.05) is 0 Å². The van der Waals surface area contributed by atoms with E-state index in [0.717, 1.165) is 19.4 Å². The number of Topliss-reactive ketones (excluding diaryl/α,β-unsaturated/α-hetero) is 1. The number of hydrogen-bond acceptors (Lipinski definition) is 2. The maximum Gasteiger partial charge on any atom is 0.164 e. The number of hydrogen-bond donors (Lipinski definition) is 1. The molecule has 98 valence electrons. The van der Waals surface area contributed by atoms with Gasteiger partial charge in [-0.2, -0.15) is 0 Å². The van der Waals surface area contributed by atoms with Crippen molar-refractivity contribution in [2.24, 2.45) is 0 Å². The van der Waals surface area contributed by atoms with Gasteiger partial charge in [-0.3, -0.25) is 4.79 Å². The number of carbonyl (C=O) groups excluding carboxylic acids is 1. The van der Waals surface area contributed by atoms with Crippen LogP contribution in [0.4, 0.5) is 0 Å². The van der Waals surface area contributed by atoms with Gasteiger partial charge in [0.25, 0.3) is 0 Å². The van der Waals surface area contributed by atoms with Gasteiger partial charge in [-0.15, -0.1) is 0 Å². The predicted molar refractivity (Wildman–Crippen MR) is 75.7 cm³/mol. The lowest BCUT2D eigenvalue weighted by atomic mass is 9.97. The van der Waals surface area contributed by atoms with Gasteiger partial charge >= 0.3 is 0 Å². The fourth-order valence-electron chi connectivity index (χ4n) is 2.32. The molecule has 2 nitrogen and oxygen atoms in total. The maximum absolute atomic E-state index is 12.1. The second-order valence-corrected chi connectivity index (χ2v) is 5.58. The van der Waals surface area contributed by atoms with E-state index in [1.54, 1.807) is 18.2 Å². The van der Waals surface area contributed by atoms with E-state index in [4.69, 9.17) is 23.2 Å². The highest BCUT2D eigenvalue weighted by Gasteiger charge is 2.16. The van der Waals surface area contributed by atoms with Gasteiger partial charge in [-0.1, -0.05) is 29.6 Å². The first-order valence-electron chi connectivity index (χ1n) is 6.38. The summed E-state index contributed by atoms with van der Waals surface area (Å²) < 4.78 is 0. The van der Waals surface area contributed by atoms with Gasteiger partial charge in [0.2, 0.25) is 0 Å². The van der Waals surface area contributed by atoms with Crippen LogP contribution in [0.3, 0.4) is 0 Å². The number of piperidine rings is 1. The zero-order chi connectivity index (χ0) is 13.0. The van der Waals surface area contributed by atoms with Crippen molar-refractivity contribution in [1.82, 2.24) is 5.32 Å². The van der Waals surface area contributed by atoms with Crippen LogP contribution in [0.1, 0.15) is 42.5 Å². The molecule has 1 N–H and O–H groups in total. The third kappa shape index (κ3) is 3.71. The Labute approximate surface area is 118 Å². The lowest BCUT2D eigenvalue weighted by Crippen LogP contribution is -2.34. The normalized spacial score (nSPS) is 19.8. The highest BCUT2D eigenvalue weighted by atomic mass is 35.5. The zero-order valence-electron chi connectivity index (χ0n) is 10.2. The van der Waals surface area contributed by atoms with Gasteiger partial charge < -0.3 is 5.32 Å². The SMILES string of the molecule is O=C(CCC1CCCCN1)c1cc(Cl)ccc1Cl. The van der Waals surface area contributed by atoms with Crippen LogP contribution in [-0.2, 0) is 0 Å². The first-order chi connectivity index (χ1) is 8.66. The molecule has 0 saturated carbocycles. The molecule has 1 aromatic carbocycles. The molecule has 2 rings (SSSR count). The van der Waals surface area contributed by atoms with E-state index in [1.165, 1.54) is 12.8 Å². The van der Waals surface area contributed by atoms with Crippen LogP contribution in [0.2, 0.25) is 10.0 Å². The van der Waals surface area contributed by atoms with Crippen molar-refractivity contribution in [1.29, 1.82) is 0 Å². The van der Waals surface area contributed by atoms with Crippen molar-refractivity contribution in [3.05, 3.63) is 33.8 Å². The fraction of sp³-hybridized carbons (Fsp3) is 0.500. The van der Waals surface area contributed by atoms with Crippen molar-refractivity contribution in [3.63, 3.8) is 0 Å². The van der Waals surface area contributed by atoms with Crippen LogP contribution < -0.4 is 5.32 Å². The first kappa shape index (κ1) is 13.9. The Morgan fingerprint density at radius 1 is 1.33 bits per heavy atom. The molecule has 1 aromatic rings. The standard InChI is InChI=1S/C14H17Cl2NO/c15-10-4-6-13(16)12(9-10)14(18)7-5-11-3-1-2-8-17-11/h4,6,9,11,17H,1-3,5,7-8H2. The molecule has 0 spiro atoms. The highest BCUT2D eigenvalue weighted by molar-refractivity contribution is 6.35. The largest absolute Gasteiger partial charge is 0.314 e. The summed E-state index contributed by atoms with van der Waals surface area (Å²) in [6.07, 6.45) is 5.06. The molecule has 0 amide bonds. The molecule has 18 heavy (non-hydrogen) atoms. The fourth-order valence-corrected chi connectivity index (χ4v) is 2.72. The van der Waals surface area contributed by atoms with Gasteiger partial charge in [-0.25, -0.2) is 0 Å². The molecule has 0 radical (unpaired) electrons. The molecule has 1 saturated heterocycles. The number of benzene rings is 1. The third-order valence-corrected chi connectivity index (χ3v) is 3.93. The number of rotatable bonds is 4. The summed E-state index contributed by atoms with van der Waals surface area (Å²) in [5, 5.41) is 4.48. The molecule has 0 aliphatic carbocycles. The van der Waals surface area contributed by atoms with Gasteiger partial charge in [0.05, 0.1) is 5.02 Å². The molecule has 1 aliphatic rings. The van der Waals surface area contributed by atoms with E-state index in [-0.39, 0.29) is 5.78 Å². The first-order valence-corrected chi connectivity index (χ1v) is 7.14. The van der Waals surface area contributed by atoms with E-state index >= 15 is 0 Å². The van der Waals surface area contributed by atoms with Crippen LogP contribution in [0.15, 0.2) is 18.2 Å². The molecule has 1 unspecified atom stereocenters. The quantitative estimate of drug-likeness (QED) is 0.844. The summed E-state index contributed by atoms with van der Waals surface area (Å²) in [5.41, 5.74) is 0.542. The molecule has 0 bridgehead atoms. The molecule has 0 aromatic heterocycles. The summed E-state index contributed by atoms with van der Waals surface area (Å²) in [4.78, 5) is 12.1. The number of carbonyl (C=O) groups is 1. The van der Waals surface area contributed by atoms with Gasteiger partial charge in [0.1, 0.15) is 0 Å². The Kier molecular flexibility index (Phi) is 5.04. The summed E-state index contributed by atoms with van der Waals surface area (Å²) in [6, 6.07) is 5.50. The Balaban J connectivity index is 1.92. The van der Waals surface area contributed by atoms with Crippen LogP contribution in [0, 0.1) is 0 Å². The van der Waals surface area contributed by atoms with Crippen LogP contribution in [0.5, 0.6) is 0 Å². The van der Waals surface area contributed by atoms with Crippen molar-refractivity contribution in [3.8, 4) is 0 Å². The Morgan fingerprint density at radius 2 is 2.17 bits per heavy atom. The number of ketones is 1. The van der Waals surface area contributed by atoms with Gasteiger partial charge in [0.15, 0.2) is 5.78 Å². The summed E-state index contributed by atoms with van der Waals surface area (Å²) in [5.74, 6) is 0.0786. The lowest BCUT2D eigenvalue weighted by Gasteiger charge is -2.23. The topological polar surface area (TPSA) is 29.1 Å². The smallest absolute Gasteiger partial charge is 0.164 e. The molecular formula is C14H17Cl2NO. The number of nitrogens with one attached hydrogen (secondary N) is 1. The average molecular weight is 286 g/mol. The third-order valence-electron chi connectivity index (χ3n) is 3.36. The molecule has 4 heteroatoms. The van der Waals surface area contributed by atoms with Crippen molar-refractivity contribution in [2.75, 3.05) is 6.54 Å². The average Bonchev–Trinajstić information content (AvgIpc) is 2.40.